The summed E-state index contributed by atoms with van der Waals surface area (Å²) in [6.45, 7) is 0. The maximum absolute atomic E-state index is 13.7. The number of nitrogens with zero attached hydrogens (tertiary/aromatic N) is 2. The summed E-state index contributed by atoms with van der Waals surface area (Å²) < 4.78 is 58.4. The number of anilines is 1. The zero-order valence-electron chi connectivity index (χ0n) is 14.4. The highest BCUT2D eigenvalue weighted by Gasteiger charge is 2.40. The van der Waals surface area contributed by atoms with Crippen molar-refractivity contribution in [3.8, 4) is 11.8 Å². The molecule has 3 rings (SSSR count). The minimum absolute atomic E-state index is 0.0992. The van der Waals surface area contributed by atoms with Crippen LogP contribution in [0.2, 0.25) is 0 Å². The second kappa shape index (κ2) is 6.58. The van der Waals surface area contributed by atoms with Crippen LogP contribution in [-0.4, -0.2) is 20.0 Å². The largest absolute Gasteiger partial charge is 0.442 e. The third kappa shape index (κ3) is 3.33. The van der Waals surface area contributed by atoms with Gasteiger partial charge in [-0.2, -0.15) is 18.4 Å². The molecule has 2 aromatic rings. The molecule has 0 saturated carbocycles. The van der Waals surface area contributed by atoms with Crippen molar-refractivity contribution in [3.05, 3.63) is 58.9 Å². The summed E-state index contributed by atoms with van der Waals surface area (Å²) in [7, 11) is 3.61. The maximum atomic E-state index is 13.7. The number of halogens is 4. The number of rotatable bonds is 2. The Morgan fingerprint density at radius 3 is 2.44 bits per heavy atom. The summed E-state index contributed by atoms with van der Waals surface area (Å²) in [4.78, 5) is 1.80. The molecule has 1 aliphatic heterocycles. The Balaban J connectivity index is 2.20. The molecule has 0 bridgehead atoms. The monoisotopic (exact) mass is 377 g/mol. The lowest BCUT2D eigenvalue weighted by molar-refractivity contribution is -0.140. The van der Waals surface area contributed by atoms with Crippen molar-refractivity contribution in [2.75, 3.05) is 19.0 Å². The fourth-order valence-corrected chi connectivity index (χ4v) is 3.12. The topological polar surface area (TPSA) is 60.1 Å². The normalized spacial score (nSPS) is 19.1. The predicted molar refractivity (Wildman–Crippen MR) is 91.5 cm³/mol. The molecule has 0 radical (unpaired) electrons. The Kier molecular flexibility index (Phi) is 4.56. The molecule has 4 nitrogen and oxygen atoms in total. The van der Waals surface area contributed by atoms with Crippen LogP contribution in [-0.2, 0) is 6.18 Å². The maximum Gasteiger partial charge on any atom is 0.419 e. The van der Waals surface area contributed by atoms with Crippen molar-refractivity contribution in [1.29, 1.82) is 10.7 Å². The first-order valence-electron chi connectivity index (χ1n) is 7.97. The highest BCUT2D eigenvalue weighted by molar-refractivity contribution is 5.85. The van der Waals surface area contributed by atoms with Gasteiger partial charge in [0.2, 0.25) is 5.90 Å². The highest BCUT2D eigenvalue weighted by Crippen LogP contribution is 2.44. The first-order chi connectivity index (χ1) is 12.6. The lowest BCUT2D eigenvalue weighted by Crippen LogP contribution is -2.31. The number of nitriles is 1. The van der Waals surface area contributed by atoms with Gasteiger partial charge in [0.1, 0.15) is 17.5 Å². The van der Waals surface area contributed by atoms with Gasteiger partial charge < -0.3 is 9.64 Å². The summed E-state index contributed by atoms with van der Waals surface area (Å²) in [6, 6.07) is 9.61. The number of alkyl halides is 3. The number of benzene rings is 2. The van der Waals surface area contributed by atoms with Crippen LogP contribution in [0.4, 0.5) is 23.2 Å². The van der Waals surface area contributed by atoms with E-state index in [2.05, 4.69) is 0 Å². The fraction of sp³-hybridized carbons (Fsp3) is 0.263. The Bertz CT molecular complexity index is 947. The Labute approximate surface area is 153 Å². The van der Waals surface area contributed by atoms with Crippen molar-refractivity contribution in [2.45, 2.75) is 12.1 Å². The average molecular weight is 377 g/mol. The van der Waals surface area contributed by atoms with E-state index in [1.165, 1.54) is 6.07 Å². The van der Waals surface area contributed by atoms with Gasteiger partial charge in [-0.15, -0.1) is 0 Å². The second-order valence-electron chi connectivity index (χ2n) is 6.40. The van der Waals surface area contributed by atoms with Crippen LogP contribution in [0.15, 0.2) is 36.4 Å². The molecular formula is C19H15F4N3O. The van der Waals surface area contributed by atoms with Crippen molar-refractivity contribution < 1.29 is 22.3 Å². The number of ether oxygens (including phenoxy) is 1. The minimum Gasteiger partial charge on any atom is -0.442 e. The molecule has 8 heteroatoms. The van der Waals surface area contributed by atoms with Gasteiger partial charge in [-0.25, -0.2) is 4.39 Å². The lowest BCUT2D eigenvalue weighted by atomic mass is 9.78. The van der Waals surface area contributed by atoms with Crippen LogP contribution in [0.1, 0.15) is 22.6 Å². The summed E-state index contributed by atoms with van der Waals surface area (Å²) in [5, 5.41) is 17.5. The van der Waals surface area contributed by atoms with E-state index in [9.17, 15) is 22.8 Å². The smallest absolute Gasteiger partial charge is 0.419 e. The molecular weight excluding hydrogens is 362 g/mol. The molecule has 27 heavy (non-hydrogen) atoms. The molecule has 0 spiro atoms. The highest BCUT2D eigenvalue weighted by atomic mass is 19.4. The summed E-state index contributed by atoms with van der Waals surface area (Å²) >= 11 is 0. The van der Waals surface area contributed by atoms with E-state index in [0.29, 0.717) is 17.4 Å². The van der Waals surface area contributed by atoms with Gasteiger partial charge in [0, 0.05) is 37.3 Å². The molecule has 0 amide bonds. The fourth-order valence-electron chi connectivity index (χ4n) is 3.12. The molecule has 1 aliphatic rings. The lowest BCUT2D eigenvalue weighted by Gasteiger charge is -2.31. The summed E-state index contributed by atoms with van der Waals surface area (Å²) in [5.41, 5.74) is -0.0583. The van der Waals surface area contributed by atoms with Crippen molar-refractivity contribution >= 4 is 11.6 Å². The number of hydrogen-bond donors (Lipinski definition) is 1. The summed E-state index contributed by atoms with van der Waals surface area (Å²) in [5.74, 6) is -3.44. The van der Waals surface area contributed by atoms with Gasteiger partial charge in [0.15, 0.2) is 0 Å². The zero-order chi connectivity index (χ0) is 19.9. The number of fused-ring (bicyclic) bond motifs is 1. The van der Waals surface area contributed by atoms with Crippen LogP contribution >= 0.6 is 0 Å². The average Bonchev–Trinajstić information content (AvgIpc) is 2.59. The molecule has 1 heterocycles. The van der Waals surface area contributed by atoms with Crippen LogP contribution < -0.4 is 9.64 Å². The first kappa shape index (κ1) is 18.7. The predicted octanol–water partition coefficient (Wildman–Crippen LogP) is 4.55. The van der Waals surface area contributed by atoms with E-state index in [1.807, 2.05) is 6.07 Å². The first-order valence-corrected chi connectivity index (χ1v) is 7.97. The van der Waals surface area contributed by atoms with Gasteiger partial charge in [0.05, 0.1) is 11.6 Å². The Morgan fingerprint density at radius 2 is 1.85 bits per heavy atom. The van der Waals surface area contributed by atoms with Gasteiger partial charge in [-0.3, -0.25) is 5.41 Å². The number of hydrogen-bond acceptors (Lipinski definition) is 4. The molecule has 2 unspecified atom stereocenters. The minimum atomic E-state index is -4.86. The van der Waals surface area contributed by atoms with Gasteiger partial charge >= 0.3 is 6.18 Å². The van der Waals surface area contributed by atoms with Gasteiger partial charge in [-0.1, -0.05) is 12.1 Å². The SMILES string of the molecule is CN(C)c1ccc2c(c1)OC(=N)C(C#N)C2c1ccc(F)c(C(F)(F)F)c1. The standard InChI is InChI=1S/C19H15F4N3O/c1-26(2)11-4-5-12-16(8-11)27-18(25)13(9-24)17(12)10-3-6-15(20)14(7-10)19(21,22)23/h3-8,13,17,25H,1-2H3. The molecule has 0 saturated heterocycles. The van der Waals surface area contributed by atoms with Crippen molar-refractivity contribution in [1.82, 2.24) is 0 Å². The number of nitrogens with one attached hydrogen (secondary N) is 1. The molecule has 0 aromatic heterocycles. The zero-order valence-corrected chi connectivity index (χ0v) is 14.4. The van der Waals surface area contributed by atoms with Crippen LogP contribution in [0.3, 0.4) is 0 Å². The van der Waals surface area contributed by atoms with E-state index in [0.717, 1.165) is 11.8 Å². The van der Waals surface area contributed by atoms with Crippen LogP contribution in [0, 0.1) is 28.5 Å². The van der Waals surface area contributed by atoms with Gasteiger partial charge in [0.25, 0.3) is 0 Å². The molecule has 2 atom stereocenters. The van der Waals surface area contributed by atoms with Crippen molar-refractivity contribution in [2.24, 2.45) is 5.92 Å². The molecule has 1 N–H and O–H groups in total. The third-order valence-electron chi connectivity index (χ3n) is 4.48. The van der Waals surface area contributed by atoms with E-state index >= 15 is 0 Å². The second-order valence-corrected chi connectivity index (χ2v) is 6.40. The Morgan fingerprint density at radius 1 is 1.15 bits per heavy atom. The van der Waals surface area contributed by atoms with E-state index < -0.39 is 29.4 Å². The summed E-state index contributed by atoms with van der Waals surface area (Å²) in [6.07, 6.45) is -4.86. The van der Waals surface area contributed by atoms with Crippen molar-refractivity contribution in [3.63, 3.8) is 0 Å². The van der Waals surface area contributed by atoms with E-state index in [-0.39, 0.29) is 11.5 Å². The van der Waals surface area contributed by atoms with Crippen LogP contribution in [0.25, 0.3) is 0 Å². The molecule has 2 aromatic carbocycles. The molecule has 0 aliphatic carbocycles. The van der Waals surface area contributed by atoms with Gasteiger partial charge in [-0.05, 0) is 23.8 Å². The van der Waals surface area contributed by atoms with E-state index in [4.69, 9.17) is 10.1 Å². The third-order valence-corrected chi connectivity index (χ3v) is 4.48. The molecule has 140 valence electrons. The van der Waals surface area contributed by atoms with Crippen LogP contribution in [0.5, 0.6) is 5.75 Å². The van der Waals surface area contributed by atoms with E-state index in [1.54, 1.807) is 37.2 Å². The Hall–Kier alpha value is -3.08. The quantitative estimate of drug-likeness (QED) is 0.781. The molecule has 0 fully saturated rings.